The zero-order valence-electron chi connectivity index (χ0n) is 12.9. The third kappa shape index (κ3) is 4.32. The van der Waals surface area contributed by atoms with Gasteiger partial charge in [0.1, 0.15) is 18.2 Å². The van der Waals surface area contributed by atoms with E-state index in [4.69, 9.17) is 4.74 Å². The van der Waals surface area contributed by atoms with Gasteiger partial charge in [0, 0.05) is 12.6 Å². The standard InChI is InChI=1S/C18H20FNO2/c1-3-14-4-6-15(7-5-14)18(21)20(2)12-13-22-17-10-8-16(19)9-11-17/h4-11H,3,12-13H2,1-2H3. The van der Waals surface area contributed by atoms with Crippen LogP contribution in [0.5, 0.6) is 5.75 Å². The van der Waals surface area contributed by atoms with Crippen LogP contribution in [-0.2, 0) is 6.42 Å². The Kier molecular flexibility index (Phi) is 5.53. The first-order valence-electron chi connectivity index (χ1n) is 7.33. The fourth-order valence-corrected chi connectivity index (χ4v) is 2.04. The monoisotopic (exact) mass is 301 g/mol. The summed E-state index contributed by atoms with van der Waals surface area (Å²) in [4.78, 5) is 13.9. The summed E-state index contributed by atoms with van der Waals surface area (Å²) in [6, 6.07) is 13.5. The molecular formula is C18H20FNO2. The molecule has 0 aromatic heterocycles. The molecule has 4 heteroatoms. The van der Waals surface area contributed by atoms with Gasteiger partial charge < -0.3 is 9.64 Å². The topological polar surface area (TPSA) is 29.5 Å². The smallest absolute Gasteiger partial charge is 0.253 e. The summed E-state index contributed by atoms with van der Waals surface area (Å²) in [5, 5.41) is 0. The van der Waals surface area contributed by atoms with Crippen LogP contribution in [0.2, 0.25) is 0 Å². The average Bonchev–Trinajstić information content (AvgIpc) is 2.56. The maximum Gasteiger partial charge on any atom is 0.253 e. The lowest BCUT2D eigenvalue weighted by atomic mass is 10.1. The molecule has 0 bridgehead atoms. The molecular weight excluding hydrogens is 281 g/mol. The number of ether oxygens (including phenoxy) is 1. The first-order valence-corrected chi connectivity index (χ1v) is 7.33. The first kappa shape index (κ1) is 16.0. The quantitative estimate of drug-likeness (QED) is 0.817. The SMILES string of the molecule is CCc1ccc(C(=O)N(C)CCOc2ccc(F)cc2)cc1. The van der Waals surface area contributed by atoms with Crippen molar-refractivity contribution in [3.05, 3.63) is 65.5 Å². The van der Waals surface area contributed by atoms with E-state index in [-0.39, 0.29) is 11.7 Å². The van der Waals surface area contributed by atoms with Crippen molar-refractivity contribution in [2.75, 3.05) is 20.2 Å². The number of amides is 1. The van der Waals surface area contributed by atoms with E-state index in [2.05, 4.69) is 6.92 Å². The number of aryl methyl sites for hydroxylation is 1. The van der Waals surface area contributed by atoms with Crippen LogP contribution >= 0.6 is 0 Å². The van der Waals surface area contributed by atoms with Crippen molar-refractivity contribution in [2.24, 2.45) is 0 Å². The number of hydrogen-bond donors (Lipinski definition) is 0. The second-order valence-electron chi connectivity index (χ2n) is 5.08. The van der Waals surface area contributed by atoms with Crippen LogP contribution in [0.25, 0.3) is 0 Å². The minimum Gasteiger partial charge on any atom is -0.492 e. The van der Waals surface area contributed by atoms with E-state index in [9.17, 15) is 9.18 Å². The Bertz CT molecular complexity index is 608. The molecule has 0 spiro atoms. The Morgan fingerprint density at radius 1 is 1.09 bits per heavy atom. The normalized spacial score (nSPS) is 10.3. The van der Waals surface area contributed by atoms with Gasteiger partial charge in [-0.3, -0.25) is 4.79 Å². The Morgan fingerprint density at radius 3 is 2.32 bits per heavy atom. The van der Waals surface area contributed by atoms with Gasteiger partial charge in [-0.2, -0.15) is 0 Å². The van der Waals surface area contributed by atoms with Gasteiger partial charge in [0.05, 0.1) is 6.54 Å². The summed E-state index contributed by atoms with van der Waals surface area (Å²) in [6.07, 6.45) is 0.954. The van der Waals surface area contributed by atoms with E-state index in [1.165, 1.54) is 17.7 Å². The third-order valence-electron chi connectivity index (χ3n) is 3.46. The fourth-order valence-electron chi connectivity index (χ4n) is 2.04. The summed E-state index contributed by atoms with van der Waals surface area (Å²) in [7, 11) is 1.74. The molecule has 0 radical (unpaired) electrons. The van der Waals surface area contributed by atoms with Gasteiger partial charge in [-0.05, 0) is 48.4 Å². The Labute approximate surface area is 130 Å². The minimum atomic E-state index is -0.296. The Hall–Kier alpha value is -2.36. The number of carbonyl (C=O) groups excluding carboxylic acids is 1. The van der Waals surface area contributed by atoms with Gasteiger partial charge in [0.25, 0.3) is 5.91 Å². The van der Waals surface area contributed by atoms with Crippen molar-refractivity contribution >= 4 is 5.91 Å². The van der Waals surface area contributed by atoms with Crippen LogP contribution in [0.1, 0.15) is 22.8 Å². The summed E-state index contributed by atoms with van der Waals surface area (Å²) >= 11 is 0. The van der Waals surface area contributed by atoms with Crippen LogP contribution in [0.4, 0.5) is 4.39 Å². The molecule has 1 amide bonds. The summed E-state index contributed by atoms with van der Waals surface area (Å²) in [5.74, 6) is 0.259. The van der Waals surface area contributed by atoms with E-state index >= 15 is 0 Å². The Balaban J connectivity index is 1.84. The summed E-state index contributed by atoms with van der Waals surface area (Å²) < 4.78 is 18.3. The lowest BCUT2D eigenvalue weighted by Crippen LogP contribution is -2.30. The van der Waals surface area contributed by atoms with Crippen molar-refractivity contribution in [3.63, 3.8) is 0 Å². The number of carbonyl (C=O) groups is 1. The molecule has 0 fully saturated rings. The lowest BCUT2D eigenvalue weighted by molar-refractivity contribution is 0.0774. The highest BCUT2D eigenvalue weighted by atomic mass is 19.1. The molecule has 2 aromatic rings. The van der Waals surface area contributed by atoms with Crippen LogP contribution in [0.3, 0.4) is 0 Å². The average molecular weight is 301 g/mol. The highest BCUT2D eigenvalue weighted by Crippen LogP contribution is 2.11. The number of likely N-dealkylation sites (N-methyl/N-ethyl adjacent to an activating group) is 1. The number of nitrogens with zero attached hydrogens (tertiary/aromatic N) is 1. The maximum atomic E-state index is 12.8. The fraction of sp³-hybridized carbons (Fsp3) is 0.278. The highest BCUT2D eigenvalue weighted by molar-refractivity contribution is 5.94. The lowest BCUT2D eigenvalue weighted by Gasteiger charge is -2.17. The molecule has 22 heavy (non-hydrogen) atoms. The summed E-state index contributed by atoms with van der Waals surface area (Å²) in [5.41, 5.74) is 1.88. The van der Waals surface area contributed by atoms with Gasteiger partial charge in [-0.1, -0.05) is 19.1 Å². The molecule has 0 aliphatic carbocycles. The molecule has 2 aromatic carbocycles. The van der Waals surface area contributed by atoms with Crippen molar-refractivity contribution in [1.82, 2.24) is 4.90 Å². The predicted molar refractivity (Wildman–Crippen MR) is 84.7 cm³/mol. The molecule has 0 unspecified atom stereocenters. The van der Waals surface area contributed by atoms with Crippen LogP contribution in [0, 0.1) is 5.82 Å². The number of hydrogen-bond acceptors (Lipinski definition) is 2. The van der Waals surface area contributed by atoms with Crippen molar-refractivity contribution in [2.45, 2.75) is 13.3 Å². The van der Waals surface area contributed by atoms with Gasteiger partial charge >= 0.3 is 0 Å². The second-order valence-corrected chi connectivity index (χ2v) is 5.08. The number of rotatable bonds is 6. The number of benzene rings is 2. The Morgan fingerprint density at radius 2 is 1.73 bits per heavy atom. The molecule has 0 N–H and O–H groups in total. The maximum absolute atomic E-state index is 12.8. The molecule has 116 valence electrons. The van der Waals surface area contributed by atoms with Gasteiger partial charge in [-0.25, -0.2) is 4.39 Å². The van der Waals surface area contributed by atoms with Gasteiger partial charge in [0.15, 0.2) is 0 Å². The van der Waals surface area contributed by atoms with Crippen LogP contribution in [-0.4, -0.2) is 31.0 Å². The van der Waals surface area contributed by atoms with E-state index in [1.807, 2.05) is 24.3 Å². The zero-order valence-corrected chi connectivity index (χ0v) is 12.9. The molecule has 2 rings (SSSR count). The molecule has 3 nitrogen and oxygen atoms in total. The molecule has 0 heterocycles. The molecule has 0 aliphatic rings. The minimum absolute atomic E-state index is 0.0367. The molecule has 0 atom stereocenters. The van der Waals surface area contributed by atoms with Crippen molar-refractivity contribution in [3.8, 4) is 5.75 Å². The van der Waals surface area contributed by atoms with Gasteiger partial charge in [-0.15, -0.1) is 0 Å². The van der Waals surface area contributed by atoms with E-state index < -0.39 is 0 Å². The van der Waals surface area contributed by atoms with Crippen molar-refractivity contribution < 1.29 is 13.9 Å². The zero-order chi connectivity index (χ0) is 15.9. The van der Waals surface area contributed by atoms with Crippen LogP contribution < -0.4 is 4.74 Å². The first-order chi connectivity index (χ1) is 10.6. The second kappa shape index (κ2) is 7.59. The molecule has 0 saturated heterocycles. The van der Waals surface area contributed by atoms with E-state index in [0.29, 0.717) is 24.5 Å². The predicted octanol–water partition coefficient (Wildman–Crippen LogP) is 3.54. The third-order valence-corrected chi connectivity index (χ3v) is 3.46. The van der Waals surface area contributed by atoms with E-state index in [1.54, 1.807) is 24.1 Å². The highest BCUT2D eigenvalue weighted by Gasteiger charge is 2.11. The van der Waals surface area contributed by atoms with Crippen LogP contribution in [0.15, 0.2) is 48.5 Å². The number of halogens is 1. The largest absolute Gasteiger partial charge is 0.492 e. The van der Waals surface area contributed by atoms with Crippen molar-refractivity contribution in [1.29, 1.82) is 0 Å². The van der Waals surface area contributed by atoms with E-state index in [0.717, 1.165) is 6.42 Å². The molecule has 0 aliphatic heterocycles. The molecule has 0 saturated carbocycles. The van der Waals surface area contributed by atoms with Gasteiger partial charge in [0.2, 0.25) is 0 Å². The summed E-state index contributed by atoms with van der Waals surface area (Å²) in [6.45, 7) is 2.91.